The van der Waals surface area contributed by atoms with Gasteiger partial charge in [-0.3, -0.25) is 20.4 Å². The van der Waals surface area contributed by atoms with Crippen LogP contribution < -0.4 is 10.9 Å². The number of amides is 2. The van der Waals surface area contributed by atoms with Crippen LogP contribution in [0, 0.1) is 0 Å². The van der Waals surface area contributed by atoms with E-state index in [1.807, 2.05) is 6.26 Å². The van der Waals surface area contributed by atoms with E-state index in [9.17, 15) is 9.59 Å². The van der Waals surface area contributed by atoms with Crippen molar-refractivity contribution in [3.05, 3.63) is 58.2 Å². The number of rotatable bonds is 3. The minimum Gasteiger partial charge on any atom is -0.267 e. The van der Waals surface area contributed by atoms with Gasteiger partial charge in [-0.1, -0.05) is 15.9 Å². The number of carbonyl (C=O) groups is 2. The van der Waals surface area contributed by atoms with Crippen molar-refractivity contribution in [2.24, 2.45) is 0 Å². The Kier molecular flexibility index (Phi) is 5.35. The lowest BCUT2D eigenvalue weighted by atomic mass is 10.2. The number of hydrogen-bond acceptors (Lipinski definition) is 4. The molecule has 0 spiro atoms. The summed E-state index contributed by atoms with van der Waals surface area (Å²) in [7, 11) is 0. The predicted molar refractivity (Wildman–Crippen MR) is 85.1 cm³/mol. The van der Waals surface area contributed by atoms with Gasteiger partial charge < -0.3 is 0 Å². The van der Waals surface area contributed by atoms with Crippen LogP contribution in [0.25, 0.3) is 0 Å². The first-order chi connectivity index (χ1) is 10.1. The molecule has 1 heterocycles. The second kappa shape index (κ2) is 7.24. The SMILES string of the molecule is CSc1ncccc1C(=O)NNC(=O)c1ccc(Br)cc1. The van der Waals surface area contributed by atoms with E-state index >= 15 is 0 Å². The first-order valence-electron chi connectivity index (χ1n) is 5.97. The average molecular weight is 366 g/mol. The number of hydrogen-bond donors (Lipinski definition) is 2. The van der Waals surface area contributed by atoms with Crippen molar-refractivity contribution in [1.82, 2.24) is 15.8 Å². The summed E-state index contributed by atoms with van der Waals surface area (Å²) in [4.78, 5) is 28.0. The Bertz CT molecular complexity index is 662. The minimum atomic E-state index is -0.405. The first-order valence-corrected chi connectivity index (χ1v) is 7.99. The van der Waals surface area contributed by atoms with E-state index in [1.54, 1.807) is 42.6 Å². The maximum atomic E-state index is 12.0. The van der Waals surface area contributed by atoms with Crippen LogP contribution in [-0.2, 0) is 0 Å². The molecule has 0 saturated heterocycles. The van der Waals surface area contributed by atoms with Gasteiger partial charge >= 0.3 is 0 Å². The van der Waals surface area contributed by atoms with Crippen LogP contribution in [0.5, 0.6) is 0 Å². The summed E-state index contributed by atoms with van der Waals surface area (Å²) in [5, 5.41) is 0.605. The smallest absolute Gasteiger partial charge is 0.267 e. The molecule has 1 aromatic carbocycles. The van der Waals surface area contributed by atoms with E-state index in [2.05, 4.69) is 31.8 Å². The largest absolute Gasteiger partial charge is 0.272 e. The van der Waals surface area contributed by atoms with E-state index < -0.39 is 5.91 Å². The van der Waals surface area contributed by atoms with Gasteiger partial charge in [0.05, 0.1) is 5.56 Å². The van der Waals surface area contributed by atoms with E-state index in [0.717, 1.165) is 4.47 Å². The fourth-order valence-corrected chi connectivity index (χ4v) is 2.39. The Balaban J connectivity index is 2.01. The minimum absolute atomic E-state index is 0.384. The summed E-state index contributed by atoms with van der Waals surface area (Å²) in [6.45, 7) is 0. The molecule has 2 rings (SSSR count). The third-order valence-electron chi connectivity index (χ3n) is 2.61. The maximum absolute atomic E-state index is 12.0. The molecule has 0 fully saturated rings. The summed E-state index contributed by atoms with van der Waals surface area (Å²) in [5.74, 6) is -0.789. The zero-order valence-electron chi connectivity index (χ0n) is 11.1. The fraction of sp³-hybridized carbons (Fsp3) is 0.0714. The number of hydrazine groups is 1. The number of halogens is 1. The third-order valence-corrected chi connectivity index (χ3v) is 3.85. The highest BCUT2D eigenvalue weighted by molar-refractivity contribution is 9.10. The standard InChI is InChI=1S/C14H12BrN3O2S/c1-21-14-11(3-2-8-16-14)13(20)18-17-12(19)9-4-6-10(15)7-5-9/h2-8H,1H3,(H,17,19)(H,18,20). The molecule has 0 saturated carbocycles. The second-order valence-electron chi connectivity index (χ2n) is 3.98. The first kappa shape index (κ1) is 15.5. The maximum Gasteiger partial charge on any atom is 0.272 e. The highest BCUT2D eigenvalue weighted by Gasteiger charge is 2.12. The molecule has 5 nitrogen and oxygen atoms in total. The molecular weight excluding hydrogens is 354 g/mol. The van der Waals surface area contributed by atoms with Crippen molar-refractivity contribution >= 4 is 39.5 Å². The lowest BCUT2D eigenvalue weighted by Gasteiger charge is -2.09. The van der Waals surface area contributed by atoms with Crippen molar-refractivity contribution in [2.45, 2.75) is 5.03 Å². The monoisotopic (exact) mass is 365 g/mol. The molecule has 2 amide bonds. The number of nitrogens with one attached hydrogen (secondary N) is 2. The van der Waals surface area contributed by atoms with Gasteiger partial charge in [0.25, 0.3) is 11.8 Å². The molecule has 0 radical (unpaired) electrons. The lowest BCUT2D eigenvalue weighted by Crippen LogP contribution is -2.41. The molecular formula is C14H12BrN3O2S. The Morgan fingerprint density at radius 2 is 1.76 bits per heavy atom. The van der Waals surface area contributed by atoms with Gasteiger partial charge in [-0.2, -0.15) is 0 Å². The number of carbonyl (C=O) groups excluding carboxylic acids is 2. The van der Waals surface area contributed by atoms with Crippen LogP contribution in [-0.4, -0.2) is 23.1 Å². The van der Waals surface area contributed by atoms with Crippen LogP contribution >= 0.6 is 27.7 Å². The fourth-order valence-electron chi connectivity index (χ4n) is 1.58. The summed E-state index contributed by atoms with van der Waals surface area (Å²) in [5.41, 5.74) is 5.63. The molecule has 0 bridgehead atoms. The van der Waals surface area contributed by atoms with Gasteiger partial charge in [0.2, 0.25) is 0 Å². The van der Waals surface area contributed by atoms with Gasteiger partial charge in [0.1, 0.15) is 5.03 Å². The van der Waals surface area contributed by atoms with Gasteiger partial charge in [-0.05, 0) is 42.7 Å². The Labute approximate surface area is 134 Å². The molecule has 0 aliphatic carbocycles. The lowest BCUT2D eigenvalue weighted by molar-refractivity contribution is 0.0844. The quantitative estimate of drug-likeness (QED) is 0.647. The number of benzene rings is 1. The van der Waals surface area contributed by atoms with Crippen LogP contribution in [0.3, 0.4) is 0 Å². The van der Waals surface area contributed by atoms with Crippen molar-refractivity contribution < 1.29 is 9.59 Å². The van der Waals surface area contributed by atoms with Crippen LogP contribution in [0.1, 0.15) is 20.7 Å². The van der Waals surface area contributed by atoms with Crippen LogP contribution in [0.2, 0.25) is 0 Å². The predicted octanol–water partition coefficient (Wildman–Crippen LogP) is 2.64. The molecule has 0 aliphatic rings. The third kappa shape index (κ3) is 4.05. The van der Waals surface area contributed by atoms with Crippen LogP contribution in [0.15, 0.2) is 52.1 Å². The number of nitrogens with zero attached hydrogens (tertiary/aromatic N) is 1. The van der Waals surface area contributed by atoms with Crippen molar-refractivity contribution in [3.63, 3.8) is 0 Å². The zero-order valence-corrected chi connectivity index (χ0v) is 13.5. The Hall–Kier alpha value is -1.86. The van der Waals surface area contributed by atoms with Crippen molar-refractivity contribution in [3.8, 4) is 0 Å². The average Bonchev–Trinajstić information content (AvgIpc) is 2.52. The zero-order chi connectivity index (χ0) is 15.2. The molecule has 2 N–H and O–H groups in total. The highest BCUT2D eigenvalue weighted by Crippen LogP contribution is 2.16. The summed E-state index contributed by atoms with van der Waals surface area (Å²) in [6, 6.07) is 10.1. The Morgan fingerprint density at radius 1 is 1.10 bits per heavy atom. The number of aromatic nitrogens is 1. The molecule has 21 heavy (non-hydrogen) atoms. The van der Waals surface area contributed by atoms with Crippen molar-refractivity contribution in [1.29, 1.82) is 0 Å². The molecule has 108 valence electrons. The van der Waals surface area contributed by atoms with Gasteiger partial charge in [0.15, 0.2) is 0 Å². The van der Waals surface area contributed by atoms with E-state index in [0.29, 0.717) is 16.2 Å². The number of pyridine rings is 1. The summed E-state index contributed by atoms with van der Waals surface area (Å²) in [6.07, 6.45) is 3.45. The normalized spacial score (nSPS) is 10.0. The Morgan fingerprint density at radius 3 is 2.43 bits per heavy atom. The molecule has 7 heteroatoms. The van der Waals surface area contributed by atoms with Gasteiger partial charge in [0, 0.05) is 16.2 Å². The molecule has 0 atom stereocenters. The second-order valence-corrected chi connectivity index (χ2v) is 5.69. The van der Waals surface area contributed by atoms with Crippen LogP contribution in [0.4, 0.5) is 0 Å². The van der Waals surface area contributed by atoms with E-state index in [4.69, 9.17) is 0 Å². The number of thioether (sulfide) groups is 1. The highest BCUT2D eigenvalue weighted by atomic mass is 79.9. The van der Waals surface area contributed by atoms with E-state index in [-0.39, 0.29) is 5.91 Å². The summed E-state index contributed by atoms with van der Waals surface area (Å²) < 4.78 is 0.878. The molecule has 1 aromatic heterocycles. The molecule has 0 aliphatic heterocycles. The van der Waals surface area contributed by atoms with Crippen molar-refractivity contribution in [2.75, 3.05) is 6.26 Å². The summed E-state index contributed by atoms with van der Waals surface area (Å²) >= 11 is 4.66. The van der Waals surface area contributed by atoms with E-state index in [1.165, 1.54) is 11.8 Å². The van der Waals surface area contributed by atoms with Gasteiger partial charge in [-0.15, -0.1) is 11.8 Å². The topological polar surface area (TPSA) is 71.1 Å². The molecule has 2 aromatic rings. The van der Waals surface area contributed by atoms with Gasteiger partial charge in [-0.25, -0.2) is 4.98 Å². The molecule has 0 unspecified atom stereocenters.